The maximum atomic E-state index is 10.5. The van der Waals surface area contributed by atoms with Crippen molar-refractivity contribution in [2.24, 2.45) is 11.7 Å². The van der Waals surface area contributed by atoms with Gasteiger partial charge in [-0.3, -0.25) is 4.79 Å². The molecule has 3 heteroatoms. The van der Waals surface area contributed by atoms with Gasteiger partial charge >= 0.3 is 0 Å². The molecular formula is C10H24N2O. The first-order chi connectivity index (χ1) is 5.79. The van der Waals surface area contributed by atoms with Gasteiger partial charge in [-0.1, -0.05) is 21.3 Å². The van der Waals surface area contributed by atoms with Crippen molar-refractivity contribution in [3.05, 3.63) is 0 Å². The summed E-state index contributed by atoms with van der Waals surface area (Å²) in [5.74, 6) is 0.380. The minimum atomic E-state index is -0.160. The molecule has 0 saturated carbocycles. The molecule has 0 unspecified atom stereocenters. The molecule has 1 fully saturated rings. The highest BCUT2D eigenvalue weighted by Gasteiger charge is 2.14. The predicted octanol–water partition coefficient (Wildman–Crippen LogP) is 1.52. The van der Waals surface area contributed by atoms with Gasteiger partial charge in [0.2, 0.25) is 5.91 Å². The SMILES string of the molecule is C.CC.NC(=O)CC1CCNCC1. The first kappa shape index (κ1) is 14.9. The van der Waals surface area contributed by atoms with Crippen LogP contribution in [0.3, 0.4) is 0 Å². The van der Waals surface area contributed by atoms with E-state index in [4.69, 9.17) is 5.73 Å². The van der Waals surface area contributed by atoms with Crippen LogP contribution in [0.2, 0.25) is 0 Å². The Morgan fingerprint density at radius 1 is 1.38 bits per heavy atom. The number of nitrogens with one attached hydrogen (secondary N) is 1. The van der Waals surface area contributed by atoms with Crippen molar-refractivity contribution in [3.8, 4) is 0 Å². The lowest BCUT2D eigenvalue weighted by Gasteiger charge is -2.20. The standard InChI is InChI=1S/C7H14N2O.C2H6.CH4/c8-7(10)5-6-1-3-9-4-2-6;1-2;/h6,9H,1-5H2,(H2,8,10);1-2H3;1H4. The Labute approximate surface area is 82.1 Å². The lowest BCUT2D eigenvalue weighted by molar-refractivity contribution is -0.119. The number of rotatable bonds is 2. The van der Waals surface area contributed by atoms with Gasteiger partial charge in [0.15, 0.2) is 0 Å². The highest BCUT2D eigenvalue weighted by atomic mass is 16.1. The van der Waals surface area contributed by atoms with Gasteiger partial charge in [0.1, 0.15) is 0 Å². The zero-order chi connectivity index (χ0) is 9.40. The summed E-state index contributed by atoms with van der Waals surface area (Å²) in [5, 5.41) is 3.24. The zero-order valence-electron chi connectivity index (χ0n) is 8.10. The molecular weight excluding hydrogens is 164 g/mol. The second-order valence-corrected chi connectivity index (χ2v) is 2.86. The van der Waals surface area contributed by atoms with E-state index in [9.17, 15) is 4.79 Å². The topological polar surface area (TPSA) is 55.1 Å². The van der Waals surface area contributed by atoms with Crippen LogP contribution in [0.15, 0.2) is 0 Å². The van der Waals surface area contributed by atoms with E-state index in [0.717, 1.165) is 25.9 Å². The Hall–Kier alpha value is -0.570. The third-order valence-electron chi connectivity index (χ3n) is 1.95. The molecule has 3 nitrogen and oxygen atoms in total. The first-order valence-electron chi connectivity index (χ1n) is 4.78. The quantitative estimate of drug-likeness (QED) is 0.690. The van der Waals surface area contributed by atoms with Gasteiger partial charge in [-0.15, -0.1) is 0 Å². The second-order valence-electron chi connectivity index (χ2n) is 2.86. The lowest BCUT2D eigenvalue weighted by atomic mass is 9.95. The molecule has 0 bridgehead atoms. The number of nitrogens with two attached hydrogens (primary N) is 1. The predicted molar refractivity (Wildman–Crippen MR) is 57.5 cm³/mol. The highest BCUT2D eigenvalue weighted by Crippen LogP contribution is 2.14. The summed E-state index contributed by atoms with van der Waals surface area (Å²) < 4.78 is 0. The van der Waals surface area contributed by atoms with E-state index in [0.29, 0.717) is 12.3 Å². The van der Waals surface area contributed by atoms with Gasteiger partial charge in [-0.05, 0) is 31.8 Å². The zero-order valence-corrected chi connectivity index (χ0v) is 8.10. The Kier molecular flexibility index (Phi) is 10.9. The summed E-state index contributed by atoms with van der Waals surface area (Å²) in [6, 6.07) is 0. The van der Waals surface area contributed by atoms with Crippen LogP contribution in [0.25, 0.3) is 0 Å². The molecule has 0 atom stereocenters. The van der Waals surface area contributed by atoms with Crippen molar-refractivity contribution in [3.63, 3.8) is 0 Å². The van der Waals surface area contributed by atoms with Gasteiger partial charge < -0.3 is 11.1 Å². The minimum absolute atomic E-state index is 0. The molecule has 3 N–H and O–H groups in total. The molecule has 1 aliphatic rings. The van der Waals surface area contributed by atoms with Crippen LogP contribution < -0.4 is 11.1 Å². The number of hydrogen-bond acceptors (Lipinski definition) is 2. The van der Waals surface area contributed by atoms with E-state index in [-0.39, 0.29) is 13.3 Å². The molecule has 1 heterocycles. The molecule has 0 aromatic heterocycles. The summed E-state index contributed by atoms with van der Waals surface area (Å²) in [6.07, 6.45) is 2.77. The van der Waals surface area contributed by atoms with Gasteiger partial charge in [0.25, 0.3) is 0 Å². The molecule has 1 saturated heterocycles. The summed E-state index contributed by atoms with van der Waals surface area (Å²) >= 11 is 0. The van der Waals surface area contributed by atoms with E-state index in [1.807, 2.05) is 13.8 Å². The average Bonchev–Trinajstić information content (AvgIpc) is 2.08. The molecule has 0 aliphatic carbocycles. The van der Waals surface area contributed by atoms with Crippen molar-refractivity contribution in [2.45, 2.75) is 40.5 Å². The minimum Gasteiger partial charge on any atom is -0.370 e. The Morgan fingerprint density at radius 3 is 2.23 bits per heavy atom. The number of hydrogen-bond donors (Lipinski definition) is 2. The molecule has 1 aliphatic heterocycles. The van der Waals surface area contributed by atoms with Crippen molar-refractivity contribution >= 4 is 5.91 Å². The Morgan fingerprint density at radius 2 is 1.85 bits per heavy atom. The number of piperidine rings is 1. The molecule has 0 spiro atoms. The smallest absolute Gasteiger partial charge is 0.217 e. The van der Waals surface area contributed by atoms with Crippen LogP contribution in [0, 0.1) is 5.92 Å². The number of carbonyl (C=O) groups excluding carboxylic acids is 1. The molecule has 0 radical (unpaired) electrons. The largest absolute Gasteiger partial charge is 0.370 e. The highest BCUT2D eigenvalue weighted by molar-refractivity contribution is 5.73. The Bertz CT molecular complexity index is 120. The van der Waals surface area contributed by atoms with E-state index < -0.39 is 0 Å². The third kappa shape index (κ3) is 7.78. The molecule has 0 aromatic carbocycles. The maximum Gasteiger partial charge on any atom is 0.217 e. The fourth-order valence-corrected chi connectivity index (χ4v) is 1.37. The monoisotopic (exact) mass is 188 g/mol. The fourth-order valence-electron chi connectivity index (χ4n) is 1.37. The summed E-state index contributed by atoms with van der Waals surface area (Å²) in [6.45, 7) is 6.08. The fraction of sp³-hybridized carbons (Fsp3) is 0.900. The van der Waals surface area contributed by atoms with E-state index in [1.54, 1.807) is 0 Å². The van der Waals surface area contributed by atoms with Crippen LogP contribution in [0.4, 0.5) is 0 Å². The van der Waals surface area contributed by atoms with Gasteiger partial charge in [-0.25, -0.2) is 0 Å². The lowest BCUT2D eigenvalue weighted by Crippen LogP contribution is -2.30. The average molecular weight is 188 g/mol. The van der Waals surface area contributed by atoms with Crippen molar-refractivity contribution in [2.75, 3.05) is 13.1 Å². The molecule has 0 aromatic rings. The summed E-state index contributed by atoms with van der Waals surface area (Å²) in [5.41, 5.74) is 5.06. The van der Waals surface area contributed by atoms with Gasteiger partial charge in [-0.2, -0.15) is 0 Å². The van der Waals surface area contributed by atoms with Crippen LogP contribution in [0.5, 0.6) is 0 Å². The van der Waals surface area contributed by atoms with Crippen LogP contribution in [0.1, 0.15) is 40.5 Å². The third-order valence-corrected chi connectivity index (χ3v) is 1.95. The van der Waals surface area contributed by atoms with Crippen molar-refractivity contribution in [1.82, 2.24) is 5.32 Å². The number of carbonyl (C=O) groups is 1. The molecule has 80 valence electrons. The Balaban J connectivity index is 0. The van der Waals surface area contributed by atoms with Crippen LogP contribution in [-0.4, -0.2) is 19.0 Å². The normalized spacial score (nSPS) is 16.5. The van der Waals surface area contributed by atoms with Crippen LogP contribution in [-0.2, 0) is 4.79 Å². The van der Waals surface area contributed by atoms with Gasteiger partial charge in [0.05, 0.1) is 0 Å². The summed E-state index contributed by atoms with van der Waals surface area (Å²) in [7, 11) is 0. The summed E-state index contributed by atoms with van der Waals surface area (Å²) in [4.78, 5) is 10.5. The number of primary amides is 1. The molecule has 1 rings (SSSR count). The molecule has 1 amide bonds. The second kappa shape index (κ2) is 9.52. The van der Waals surface area contributed by atoms with Crippen LogP contribution >= 0.6 is 0 Å². The maximum absolute atomic E-state index is 10.5. The van der Waals surface area contributed by atoms with E-state index in [1.165, 1.54) is 0 Å². The number of amides is 1. The molecule has 13 heavy (non-hydrogen) atoms. The van der Waals surface area contributed by atoms with E-state index in [2.05, 4.69) is 5.32 Å². The van der Waals surface area contributed by atoms with Gasteiger partial charge in [0, 0.05) is 6.42 Å². The van der Waals surface area contributed by atoms with E-state index >= 15 is 0 Å². The van der Waals surface area contributed by atoms with Crippen molar-refractivity contribution < 1.29 is 4.79 Å². The first-order valence-corrected chi connectivity index (χ1v) is 4.78. The van der Waals surface area contributed by atoms with Crippen molar-refractivity contribution in [1.29, 1.82) is 0 Å².